The number of rotatable bonds is 1. The Kier molecular flexibility index (Phi) is 3.23. The maximum atomic E-state index is 9.87. The first-order chi connectivity index (χ1) is 10.6. The molecule has 3 heteroatoms. The Bertz CT molecular complexity index is 705. The number of piperidine rings is 1. The molecule has 4 rings (SSSR count). The fourth-order valence-corrected chi connectivity index (χ4v) is 4.67. The molecular formula is C19H25NO2. The lowest BCUT2D eigenvalue weighted by atomic mass is 9.83. The molecule has 5 atom stereocenters. The minimum absolute atomic E-state index is 0.332. The van der Waals surface area contributed by atoms with Gasteiger partial charge in [-0.2, -0.15) is 0 Å². The van der Waals surface area contributed by atoms with Crippen molar-refractivity contribution >= 4 is 11.0 Å². The Labute approximate surface area is 131 Å². The number of furan rings is 1. The Morgan fingerprint density at radius 2 is 2.14 bits per heavy atom. The standard InChI is InChI=1S/C19H25NO2/c1-4-13-8-17-16-9-14(21)5-6-18(16)22-19(17)15-7-11(2)10-20(13)12(15)3/h5-6,9,11-13,15,21H,4,7-8,10H2,1-3H3/t11-,12?,13?,15?/m0/s1. The average molecular weight is 299 g/mol. The highest BCUT2D eigenvalue weighted by molar-refractivity contribution is 5.84. The van der Waals surface area contributed by atoms with Crippen LogP contribution in [0.25, 0.3) is 11.0 Å². The van der Waals surface area contributed by atoms with E-state index in [0.717, 1.165) is 23.8 Å². The van der Waals surface area contributed by atoms with Gasteiger partial charge in [-0.1, -0.05) is 13.8 Å². The van der Waals surface area contributed by atoms with Gasteiger partial charge in [-0.25, -0.2) is 0 Å². The van der Waals surface area contributed by atoms with Gasteiger partial charge in [0.05, 0.1) is 0 Å². The van der Waals surface area contributed by atoms with Crippen molar-refractivity contribution in [2.75, 3.05) is 6.54 Å². The fourth-order valence-electron chi connectivity index (χ4n) is 4.67. The van der Waals surface area contributed by atoms with Crippen LogP contribution in [0.4, 0.5) is 0 Å². The molecule has 1 N–H and O–H groups in total. The molecule has 2 bridgehead atoms. The first-order valence-corrected chi connectivity index (χ1v) is 8.58. The first-order valence-electron chi connectivity index (χ1n) is 8.58. The lowest BCUT2D eigenvalue weighted by Gasteiger charge is -2.43. The van der Waals surface area contributed by atoms with E-state index in [0.29, 0.717) is 29.7 Å². The Morgan fingerprint density at radius 3 is 2.91 bits per heavy atom. The molecule has 1 saturated heterocycles. The Hall–Kier alpha value is -1.48. The van der Waals surface area contributed by atoms with Gasteiger partial charge in [0, 0.05) is 35.5 Å². The molecule has 1 fully saturated rings. The number of benzene rings is 1. The van der Waals surface area contributed by atoms with Gasteiger partial charge in [0.25, 0.3) is 0 Å². The van der Waals surface area contributed by atoms with Crippen molar-refractivity contribution in [2.45, 2.75) is 58.0 Å². The summed E-state index contributed by atoms with van der Waals surface area (Å²) in [4.78, 5) is 2.70. The molecule has 0 radical (unpaired) electrons. The minimum Gasteiger partial charge on any atom is -0.508 e. The molecule has 0 aliphatic carbocycles. The molecule has 1 aromatic heterocycles. The number of phenolic OH excluding ortho intramolecular Hbond substituents is 1. The number of aromatic hydroxyl groups is 1. The van der Waals surface area contributed by atoms with E-state index in [-0.39, 0.29) is 0 Å². The molecule has 1 aromatic carbocycles. The molecule has 4 unspecified atom stereocenters. The summed E-state index contributed by atoms with van der Waals surface area (Å²) in [5.74, 6) is 2.70. The summed E-state index contributed by atoms with van der Waals surface area (Å²) in [5.41, 5.74) is 2.27. The second-order valence-electron chi connectivity index (χ2n) is 7.28. The second-order valence-corrected chi connectivity index (χ2v) is 7.28. The number of phenols is 1. The van der Waals surface area contributed by atoms with Gasteiger partial charge in [-0.05, 0) is 50.3 Å². The van der Waals surface area contributed by atoms with Crippen LogP contribution in [0.3, 0.4) is 0 Å². The largest absolute Gasteiger partial charge is 0.508 e. The summed E-state index contributed by atoms with van der Waals surface area (Å²) < 4.78 is 6.29. The van der Waals surface area contributed by atoms with Crippen LogP contribution in [0.5, 0.6) is 5.75 Å². The summed E-state index contributed by atoms with van der Waals surface area (Å²) in [6, 6.07) is 6.63. The van der Waals surface area contributed by atoms with Crippen molar-refractivity contribution in [2.24, 2.45) is 5.92 Å². The minimum atomic E-state index is 0.332. The Morgan fingerprint density at radius 1 is 1.32 bits per heavy atom. The highest BCUT2D eigenvalue weighted by Crippen LogP contribution is 2.45. The smallest absolute Gasteiger partial charge is 0.134 e. The van der Waals surface area contributed by atoms with Gasteiger partial charge >= 0.3 is 0 Å². The van der Waals surface area contributed by atoms with Crippen LogP contribution < -0.4 is 0 Å². The van der Waals surface area contributed by atoms with Gasteiger partial charge in [-0.3, -0.25) is 4.90 Å². The van der Waals surface area contributed by atoms with Crippen LogP contribution in [0.2, 0.25) is 0 Å². The van der Waals surface area contributed by atoms with Crippen LogP contribution in [0.15, 0.2) is 22.6 Å². The third-order valence-electron chi connectivity index (χ3n) is 5.81. The number of fused-ring (bicyclic) bond motifs is 6. The average Bonchev–Trinajstić information content (AvgIpc) is 2.82. The lowest BCUT2D eigenvalue weighted by molar-refractivity contribution is 0.0606. The molecule has 0 amide bonds. The summed E-state index contributed by atoms with van der Waals surface area (Å²) in [6.45, 7) is 8.21. The zero-order valence-corrected chi connectivity index (χ0v) is 13.7. The van der Waals surface area contributed by atoms with Gasteiger partial charge in [-0.15, -0.1) is 0 Å². The van der Waals surface area contributed by atoms with E-state index in [1.807, 2.05) is 12.1 Å². The van der Waals surface area contributed by atoms with Crippen LogP contribution in [-0.4, -0.2) is 28.6 Å². The van der Waals surface area contributed by atoms with Gasteiger partial charge < -0.3 is 9.52 Å². The first kappa shape index (κ1) is 14.1. The maximum absolute atomic E-state index is 9.87. The van der Waals surface area contributed by atoms with Crippen LogP contribution in [-0.2, 0) is 6.42 Å². The molecule has 2 aliphatic rings. The van der Waals surface area contributed by atoms with Gasteiger partial charge in [0.1, 0.15) is 17.1 Å². The number of nitrogens with zero attached hydrogens (tertiary/aromatic N) is 1. The van der Waals surface area contributed by atoms with Crippen molar-refractivity contribution in [3.05, 3.63) is 29.5 Å². The lowest BCUT2D eigenvalue weighted by Crippen LogP contribution is -2.49. The second kappa shape index (κ2) is 5.02. The van der Waals surface area contributed by atoms with Crippen LogP contribution in [0.1, 0.15) is 50.9 Å². The summed E-state index contributed by atoms with van der Waals surface area (Å²) >= 11 is 0. The van der Waals surface area contributed by atoms with Crippen LogP contribution >= 0.6 is 0 Å². The highest BCUT2D eigenvalue weighted by atomic mass is 16.3. The predicted molar refractivity (Wildman–Crippen MR) is 88.4 cm³/mol. The van der Waals surface area contributed by atoms with Crippen LogP contribution in [0, 0.1) is 5.92 Å². The number of hydrogen-bond donors (Lipinski definition) is 1. The molecule has 2 aliphatic heterocycles. The Balaban J connectivity index is 1.92. The topological polar surface area (TPSA) is 36.6 Å². The maximum Gasteiger partial charge on any atom is 0.134 e. The summed E-state index contributed by atoms with van der Waals surface area (Å²) in [5, 5.41) is 11.0. The highest BCUT2D eigenvalue weighted by Gasteiger charge is 2.42. The molecular weight excluding hydrogens is 274 g/mol. The van der Waals surface area contributed by atoms with E-state index in [1.54, 1.807) is 6.07 Å². The molecule has 3 nitrogen and oxygen atoms in total. The van der Waals surface area contributed by atoms with Crippen molar-refractivity contribution < 1.29 is 9.52 Å². The molecule has 0 saturated carbocycles. The zero-order chi connectivity index (χ0) is 15.4. The quantitative estimate of drug-likeness (QED) is 0.853. The van der Waals surface area contributed by atoms with E-state index in [9.17, 15) is 5.11 Å². The van der Waals surface area contributed by atoms with E-state index >= 15 is 0 Å². The molecule has 2 aromatic rings. The molecule has 0 spiro atoms. The van der Waals surface area contributed by atoms with Gasteiger partial charge in [0.2, 0.25) is 0 Å². The van der Waals surface area contributed by atoms with E-state index in [1.165, 1.54) is 24.3 Å². The zero-order valence-electron chi connectivity index (χ0n) is 13.7. The van der Waals surface area contributed by atoms with Gasteiger partial charge in [0.15, 0.2) is 0 Å². The normalized spacial score (nSPS) is 34.4. The van der Waals surface area contributed by atoms with E-state index in [2.05, 4.69) is 25.7 Å². The van der Waals surface area contributed by atoms with Crippen molar-refractivity contribution in [1.29, 1.82) is 0 Å². The van der Waals surface area contributed by atoms with Crippen molar-refractivity contribution in [3.63, 3.8) is 0 Å². The molecule has 3 heterocycles. The van der Waals surface area contributed by atoms with Crippen molar-refractivity contribution in [3.8, 4) is 5.75 Å². The SMILES string of the molecule is CCC1Cc2c(oc3ccc(O)cc23)C2C[C@H](C)CN1C2C. The third kappa shape index (κ3) is 1.98. The van der Waals surface area contributed by atoms with E-state index in [4.69, 9.17) is 4.42 Å². The summed E-state index contributed by atoms with van der Waals surface area (Å²) in [7, 11) is 0. The van der Waals surface area contributed by atoms with E-state index < -0.39 is 0 Å². The van der Waals surface area contributed by atoms with Crippen molar-refractivity contribution in [1.82, 2.24) is 4.90 Å². The third-order valence-corrected chi connectivity index (χ3v) is 5.81. The predicted octanol–water partition coefficient (Wildman–Crippen LogP) is 4.29. The fraction of sp³-hybridized carbons (Fsp3) is 0.579. The number of hydrogen-bond acceptors (Lipinski definition) is 3. The molecule has 118 valence electrons. The molecule has 22 heavy (non-hydrogen) atoms. The summed E-state index contributed by atoms with van der Waals surface area (Å²) in [6.07, 6.45) is 3.40. The monoisotopic (exact) mass is 299 g/mol.